The number of ether oxygens (including phenoxy) is 1. The summed E-state index contributed by atoms with van der Waals surface area (Å²) >= 11 is 0. The Bertz CT molecular complexity index is 340. The highest BCUT2D eigenvalue weighted by Crippen LogP contribution is 2.22. The van der Waals surface area contributed by atoms with E-state index in [9.17, 15) is 0 Å². The fraction of sp³-hybridized carbons (Fsp3) is 0.538. The highest BCUT2D eigenvalue weighted by atomic mass is 16.5. The predicted molar refractivity (Wildman–Crippen MR) is 66.8 cm³/mol. The highest BCUT2D eigenvalue weighted by molar-refractivity contribution is 5.54. The van der Waals surface area contributed by atoms with E-state index in [0.29, 0.717) is 6.54 Å². The maximum atomic E-state index is 5.66. The van der Waals surface area contributed by atoms with Crippen LogP contribution in [0.5, 0.6) is 0 Å². The summed E-state index contributed by atoms with van der Waals surface area (Å²) in [6.07, 6.45) is 1.25. The van der Waals surface area contributed by atoms with Crippen molar-refractivity contribution in [3.63, 3.8) is 0 Å². The molecule has 0 amide bonds. The number of benzene rings is 1. The molecule has 0 aromatic heterocycles. The molecule has 1 aliphatic heterocycles. The van der Waals surface area contributed by atoms with Gasteiger partial charge in [-0.25, -0.2) is 0 Å². The average molecular weight is 220 g/mol. The van der Waals surface area contributed by atoms with Crippen LogP contribution in [0.15, 0.2) is 24.3 Å². The zero-order chi connectivity index (χ0) is 11.4. The number of anilines is 1. The Morgan fingerprint density at radius 1 is 1.44 bits per heavy atom. The minimum absolute atomic E-state index is 0.179. The second-order valence-electron chi connectivity index (χ2n) is 4.16. The van der Waals surface area contributed by atoms with Gasteiger partial charge in [-0.05, 0) is 18.1 Å². The first kappa shape index (κ1) is 11.4. The lowest BCUT2D eigenvalue weighted by Crippen LogP contribution is -2.46. The maximum Gasteiger partial charge on any atom is 0.0872 e. The van der Waals surface area contributed by atoms with Crippen LogP contribution in [0.2, 0.25) is 0 Å². The van der Waals surface area contributed by atoms with Crippen molar-refractivity contribution in [3.8, 4) is 0 Å². The van der Waals surface area contributed by atoms with Gasteiger partial charge in [0, 0.05) is 25.3 Å². The van der Waals surface area contributed by atoms with Gasteiger partial charge in [0.2, 0.25) is 0 Å². The number of rotatable bonds is 3. The monoisotopic (exact) mass is 220 g/mol. The number of nitrogens with two attached hydrogens (primary N) is 1. The number of morpholine rings is 1. The summed E-state index contributed by atoms with van der Waals surface area (Å²) in [5.41, 5.74) is 8.40. The molecule has 0 bridgehead atoms. The Balaban J connectivity index is 2.16. The average Bonchev–Trinajstić information content (AvgIpc) is 2.38. The summed E-state index contributed by atoms with van der Waals surface area (Å²) in [6, 6.07) is 8.59. The first-order chi connectivity index (χ1) is 7.85. The molecule has 3 nitrogen and oxygen atoms in total. The normalized spacial score (nSPS) is 21.1. The smallest absolute Gasteiger partial charge is 0.0872 e. The molecule has 1 saturated heterocycles. The number of hydrogen-bond acceptors (Lipinski definition) is 3. The summed E-state index contributed by atoms with van der Waals surface area (Å²) in [4.78, 5) is 2.39. The summed E-state index contributed by atoms with van der Waals surface area (Å²) in [5.74, 6) is 0. The summed E-state index contributed by atoms with van der Waals surface area (Å²) in [5, 5.41) is 0. The summed E-state index contributed by atoms with van der Waals surface area (Å²) in [6.45, 7) is 5.45. The van der Waals surface area contributed by atoms with E-state index in [4.69, 9.17) is 10.5 Å². The quantitative estimate of drug-likeness (QED) is 0.837. The fourth-order valence-electron chi connectivity index (χ4n) is 2.20. The molecule has 1 heterocycles. The van der Waals surface area contributed by atoms with E-state index in [1.807, 2.05) is 0 Å². The van der Waals surface area contributed by atoms with Gasteiger partial charge in [-0.2, -0.15) is 0 Å². The molecule has 3 heteroatoms. The standard InChI is InChI=1S/C13H20N2O/c1-2-11-5-3-4-6-13(11)15-7-8-16-12(9-14)10-15/h3-6,12H,2,7-10,14H2,1H3. The van der Waals surface area contributed by atoms with Crippen LogP contribution in [0.1, 0.15) is 12.5 Å². The van der Waals surface area contributed by atoms with Gasteiger partial charge in [0.05, 0.1) is 12.7 Å². The summed E-state index contributed by atoms with van der Waals surface area (Å²) in [7, 11) is 0. The van der Waals surface area contributed by atoms with Crippen LogP contribution in [0, 0.1) is 0 Å². The molecule has 0 aliphatic carbocycles. The number of nitrogens with zero attached hydrogens (tertiary/aromatic N) is 1. The molecule has 0 saturated carbocycles. The molecule has 2 N–H and O–H groups in total. The lowest BCUT2D eigenvalue weighted by atomic mass is 10.1. The molecule has 0 radical (unpaired) electrons. The largest absolute Gasteiger partial charge is 0.373 e. The van der Waals surface area contributed by atoms with Crippen LogP contribution in [-0.2, 0) is 11.2 Å². The van der Waals surface area contributed by atoms with Crippen LogP contribution in [-0.4, -0.2) is 32.3 Å². The van der Waals surface area contributed by atoms with Crippen LogP contribution in [0.3, 0.4) is 0 Å². The van der Waals surface area contributed by atoms with Crippen LogP contribution >= 0.6 is 0 Å². The SMILES string of the molecule is CCc1ccccc1N1CCOC(CN)C1. The van der Waals surface area contributed by atoms with Crippen LogP contribution in [0.4, 0.5) is 5.69 Å². The van der Waals surface area contributed by atoms with Crippen molar-refractivity contribution in [3.05, 3.63) is 29.8 Å². The molecule has 1 fully saturated rings. The third kappa shape index (κ3) is 2.36. The van der Waals surface area contributed by atoms with Gasteiger partial charge in [-0.15, -0.1) is 0 Å². The van der Waals surface area contributed by atoms with Gasteiger partial charge in [-0.1, -0.05) is 25.1 Å². The van der Waals surface area contributed by atoms with Crippen LogP contribution < -0.4 is 10.6 Å². The first-order valence-electron chi connectivity index (χ1n) is 5.99. The number of para-hydroxylation sites is 1. The number of hydrogen-bond donors (Lipinski definition) is 1. The third-order valence-electron chi connectivity index (χ3n) is 3.11. The molecule has 1 aliphatic rings. The van der Waals surface area contributed by atoms with Gasteiger partial charge in [-0.3, -0.25) is 0 Å². The van der Waals surface area contributed by atoms with E-state index >= 15 is 0 Å². The first-order valence-corrected chi connectivity index (χ1v) is 5.99. The van der Waals surface area contributed by atoms with Gasteiger partial charge >= 0.3 is 0 Å². The Morgan fingerprint density at radius 3 is 3.00 bits per heavy atom. The van der Waals surface area contributed by atoms with Crippen molar-refractivity contribution in [1.29, 1.82) is 0 Å². The third-order valence-corrected chi connectivity index (χ3v) is 3.11. The zero-order valence-corrected chi connectivity index (χ0v) is 9.86. The van der Waals surface area contributed by atoms with Crippen molar-refractivity contribution in [2.75, 3.05) is 31.1 Å². The lowest BCUT2D eigenvalue weighted by Gasteiger charge is -2.35. The molecule has 1 unspecified atom stereocenters. The van der Waals surface area contributed by atoms with Crippen molar-refractivity contribution >= 4 is 5.69 Å². The maximum absolute atomic E-state index is 5.66. The van der Waals surface area contributed by atoms with E-state index in [0.717, 1.165) is 26.1 Å². The Morgan fingerprint density at radius 2 is 2.25 bits per heavy atom. The number of aryl methyl sites for hydroxylation is 1. The molecule has 0 spiro atoms. The van der Waals surface area contributed by atoms with E-state index < -0.39 is 0 Å². The predicted octanol–water partition coefficient (Wildman–Crippen LogP) is 1.41. The van der Waals surface area contributed by atoms with E-state index in [1.54, 1.807) is 0 Å². The second kappa shape index (κ2) is 5.32. The fourth-order valence-corrected chi connectivity index (χ4v) is 2.20. The lowest BCUT2D eigenvalue weighted by molar-refractivity contribution is 0.0465. The van der Waals surface area contributed by atoms with Crippen molar-refractivity contribution in [1.82, 2.24) is 0 Å². The second-order valence-corrected chi connectivity index (χ2v) is 4.16. The van der Waals surface area contributed by atoms with Crippen molar-refractivity contribution < 1.29 is 4.74 Å². The minimum Gasteiger partial charge on any atom is -0.373 e. The van der Waals surface area contributed by atoms with E-state index in [1.165, 1.54) is 11.3 Å². The Labute approximate surface area is 97.2 Å². The van der Waals surface area contributed by atoms with Gasteiger partial charge in [0.25, 0.3) is 0 Å². The van der Waals surface area contributed by atoms with E-state index in [2.05, 4.69) is 36.1 Å². The van der Waals surface area contributed by atoms with Crippen molar-refractivity contribution in [2.24, 2.45) is 5.73 Å². The van der Waals surface area contributed by atoms with Crippen LogP contribution in [0.25, 0.3) is 0 Å². The van der Waals surface area contributed by atoms with Crippen molar-refractivity contribution in [2.45, 2.75) is 19.4 Å². The molecular weight excluding hydrogens is 200 g/mol. The molecular formula is C13H20N2O. The highest BCUT2D eigenvalue weighted by Gasteiger charge is 2.20. The molecule has 1 aromatic rings. The van der Waals surface area contributed by atoms with Gasteiger partial charge < -0.3 is 15.4 Å². The Kier molecular flexibility index (Phi) is 3.80. The zero-order valence-electron chi connectivity index (χ0n) is 9.86. The molecule has 88 valence electrons. The minimum atomic E-state index is 0.179. The molecule has 1 aromatic carbocycles. The van der Waals surface area contributed by atoms with E-state index in [-0.39, 0.29) is 6.10 Å². The topological polar surface area (TPSA) is 38.5 Å². The molecule has 16 heavy (non-hydrogen) atoms. The Hall–Kier alpha value is -1.06. The van der Waals surface area contributed by atoms with Gasteiger partial charge in [0.15, 0.2) is 0 Å². The van der Waals surface area contributed by atoms with Gasteiger partial charge in [0.1, 0.15) is 0 Å². The molecule has 1 atom stereocenters. The summed E-state index contributed by atoms with van der Waals surface area (Å²) < 4.78 is 5.59. The molecule has 2 rings (SSSR count).